The number of carbonyl (C=O) groups excluding carboxylic acids is 5. The van der Waals surface area contributed by atoms with Crippen LogP contribution in [0, 0.1) is 23.7 Å². The summed E-state index contributed by atoms with van der Waals surface area (Å²) in [7, 11) is 1.24. The number of nitrogens with zero attached hydrogens (tertiary/aromatic N) is 3. The Morgan fingerprint density at radius 3 is 2.10 bits per heavy atom. The molecule has 346 valence electrons. The minimum Gasteiger partial charge on any atom is -0.508 e. The van der Waals surface area contributed by atoms with Gasteiger partial charge in [-0.15, -0.1) is 0 Å². The molecule has 3 fully saturated rings. The summed E-state index contributed by atoms with van der Waals surface area (Å²) >= 11 is 0. The van der Waals surface area contributed by atoms with Crippen LogP contribution in [0.15, 0.2) is 115 Å². The molecular weight excluding hydrogens is 845 g/mol. The Hall–Kier alpha value is -6.71. The van der Waals surface area contributed by atoms with Gasteiger partial charge in [0, 0.05) is 18.7 Å². The van der Waals surface area contributed by atoms with Crippen LogP contribution >= 0.6 is 0 Å². The van der Waals surface area contributed by atoms with Crippen LogP contribution in [0.4, 0.5) is 10.5 Å². The third kappa shape index (κ3) is 8.28. The summed E-state index contributed by atoms with van der Waals surface area (Å²) in [5, 5.41) is 13.6. The van der Waals surface area contributed by atoms with E-state index >= 15 is 19.2 Å². The smallest absolute Gasteiger partial charge is 0.329 e. The van der Waals surface area contributed by atoms with E-state index in [0.29, 0.717) is 29.8 Å². The number of phenols is 1. The van der Waals surface area contributed by atoms with Crippen molar-refractivity contribution in [2.45, 2.75) is 107 Å². The van der Waals surface area contributed by atoms with Gasteiger partial charge in [-0.05, 0) is 103 Å². The summed E-state index contributed by atoms with van der Waals surface area (Å²) in [4.78, 5) is 81.4. The molecule has 2 N–H and O–H groups in total. The number of anilines is 1. The molecular formula is C55H58N4O8. The molecule has 4 aromatic carbocycles. The molecule has 1 aliphatic carbocycles. The molecule has 12 heteroatoms. The van der Waals surface area contributed by atoms with Gasteiger partial charge in [0.15, 0.2) is 0 Å². The number of fused-ring (bicyclic) bond motifs is 3. The lowest BCUT2D eigenvalue weighted by atomic mass is 9.64. The van der Waals surface area contributed by atoms with Gasteiger partial charge in [0.05, 0.1) is 30.8 Å². The minimum absolute atomic E-state index is 0.0169. The number of allylic oxidation sites excluding steroid dienone is 2. The van der Waals surface area contributed by atoms with Crippen LogP contribution in [0.3, 0.4) is 0 Å². The number of benzene rings is 4. The molecule has 12 nitrogen and oxygen atoms in total. The maximum atomic E-state index is 16.7. The van der Waals surface area contributed by atoms with Crippen molar-refractivity contribution in [2.24, 2.45) is 11.8 Å². The van der Waals surface area contributed by atoms with E-state index in [9.17, 15) is 9.90 Å². The van der Waals surface area contributed by atoms with Crippen LogP contribution in [0.2, 0.25) is 0 Å². The Morgan fingerprint density at radius 1 is 0.791 bits per heavy atom. The Morgan fingerprint density at radius 2 is 1.46 bits per heavy atom. The molecule has 0 radical (unpaired) electrons. The van der Waals surface area contributed by atoms with Crippen molar-refractivity contribution < 1.29 is 38.6 Å². The second kappa shape index (κ2) is 19.3. The molecule has 0 bridgehead atoms. The Labute approximate surface area is 392 Å². The molecule has 0 aromatic heterocycles. The molecule has 7 unspecified atom stereocenters. The summed E-state index contributed by atoms with van der Waals surface area (Å²) in [5.74, 6) is 2.38. The third-order valence-electron chi connectivity index (χ3n) is 14.4. The zero-order chi connectivity index (χ0) is 46.8. The topological polar surface area (TPSA) is 146 Å². The van der Waals surface area contributed by atoms with Crippen LogP contribution in [0.25, 0.3) is 0 Å². The monoisotopic (exact) mass is 902 g/mol. The number of amides is 4. The van der Waals surface area contributed by atoms with Crippen molar-refractivity contribution in [3.63, 3.8) is 0 Å². The quantitative estimate of drug-likeness (QED) is 0.138. The highest BCUT2D eigenvalue weighted by molar-refractivity contribution is 6.25. The van der Waals surface area contributed by atoms with Crippen molar-refractivity contribution in [3.8, 4) is 17.6 Å². The van der Waals surface area contributed by atoms with Crippen molar-refractivity contribution in [1.29, 1.82) is 0 Å². The highest BCUT2D eigenvalue weighted by Gasteiger charge is 2.76. The number of hydrogen-bond donors (Lipinski definition) is 2. The van der Waals surface area contributed by atoms with E-state index in [1.165, 1.54) is 19.2 Å². The standard InChI is InChI=1S/C55H58N4O8/c1-35(2)45(51(62)66-3)56-54(65)58-43-31-26-37(25-24-36-18-10-7-11-19-36)34-42(43)55(53(58)64)44(50(61)57-32-16-5-4-6-17-33-57)47-52(63)67-48(39-22-14-9-15-23-39)46(38-20-12-8-13-21-38)59(47)49(55)40-27-29-41(60)30-28-40/h8-9,12-15,18,20-23,26-31,34-35,44-49,60H,4-7,10-11,16-17,19,32-33H2,1-3H3,(H,56,65). The first-order chi connectivity index (χ1) is 32.5. The summed E-state index contributed by atoms with van der Waals surface area (Å²) in [5.41, 5.74) is 2.19. The van der Waals surface area contributed by atoms with Gasteiger partial charge in [0.1, 0.15) is 29.4 Å². The molecule has 7 atom stereocenters. The average molecular weight is 903 g/mol. The SMILES string of the molecule is COC(=O)C(NC(=O)N1C(=O)C2(c3cc(C#CC4=CCCCC4)ccc31)C(C(=O)N1CCCCCCC1)C1C(=O)OC(c3ccccc3)C(c3ccccc3)N1C2c1ccc(O)cc1)C(C)C. The number of nitrogens with one attached hydrogen (secondary N) is 1. The van der Waals surface area contributed by atoms with E-state index in [4.69, 9.17) is 9.47 Å². The number of ether oxygens (including phenoxy) is 2. The van der Waals surface area contributed by atoms with Gasteiger partial charge in [-0.2, -0.15) is 0 Å². The molecule has 67 heavy (non-hydrogen) atoms. The molecule has 4 aliphatic heterocycles. The molecule has 4 heterocycles. The number of methoxy groups -OCH3 is 1. The van der Waals surface area contributed by atoms with Gasteiger partial charge in [-0.1, -0.05) is 124 Å². The lowest BCUT2D eigenvalue weighted by Gasteiger charge is -2.46. The molecule has 3 saturated heterocycles. The maximum Gasteiger partial charge on any atom is 0.329 e. The number of aromatic hydroxyl groups is 1. The van der Waals surface area contributed by atoms with Gasteiger partial charge in [0.2, 0.25) is 11.8 Å². The van der Waals surface area contributed by atoms with Crippen molar-refractivity contribution >= 4 is 35.5 Å². The molecule has 1 spiro atoms. The van der Waals surface area contributed by atoms with Gasteiger partial charge in [-0.3, -0.25) is 19.3 Å². The van der Waals surface area contributed by atoms with E-state index in [-0.39, 0.29) is 17.3 Å². The average Bonchev–Trinajstić information content (AvgIpc) is 3.79. The molecule has 4 aromatic rings. The number of urea groups is 1. The second-order valence-corrected chi connectivity index (χ2v) is 18.7. The Kier molecular flexibility index (Phi) is 13.1. The van der Waals surface area contributed by atoms with E-state index in [1.807, 2.05) is 71.6 Å². The van der Waals surface area contributed by atoms with Gasteiger partial charge in [0.25, 0.3) is 0 Å². The number of phenolic OH excluding ortho intramolecular Hbond substituents is 1. The maximum absolute atomic E-state index is 16.7. The number of esters is 2. The summed E-state index contributed by atoms with van der Waals surface area (Å²) in [6.07, 6.45) is 9.56. The number of imide groups is 1. The number of cyclic esters (lactones) is 1. The lowest BCUT2D eigenvalue weighted by molar-refractivity contribution is -0.179. The molecule has 0 saturated carbocycles. The van der Waals surface area contributed by atoms with Crippen molar-refractivity contribution in [2.75, 3.05) is 25.1 Å². The molecule has 5 aliphatic rings. The summed E-state index contributed by atoms with van der Waals surface area (Å²) in [6.45, 7) is 4.38. The third-order valence-corrected chi connectivity index (χ3v) is 14.4. The fourth-order valence-corrected chi connectivity index (χ4v) is 11.2. The van der Waals surface area contributed by atoms with E-state index in [2.05, 4.69) is 23.2 Å². The number of morpholine rings is 1. The van der Waals surface area contributed by atoms with Crippen molar-refractivity contribution in [3.05, 3.63) is 143 Å². The lowest BCUT2D eigenvalue weighted by Crippen LogP contribution is -2.58. The van der Waals surface area contributed by atoms with Crippen LogP contribution in [0.5, 0.6) is 5.75 Å². The fourth-order valence-electron chi connectivity index (χ4n) is 11.2. The minimum atomic E-state index is -1.98. The number of rotatable bonds is 7. The predicted molar refractivity (Wildman–Crippen MR) is 252 cm³/mol. The van der Waals surface area contributed by atoms with Gasteiger partial charge in [-0.25, -0.2) is 14.5 Å². The van der Waals surface area contributed by atoms with Gasteiger partial charge >= 0.3 is 18.0 Å². The highest BCUT2D eigenvalue weighted by atomic mass is 16.6. The summed E-state index contributed by atoms with van der Waals surface area (Å²) < 4.78 is 11.8. The van der Waals surface area contributed by atoms with Crippen LogP contribution in [0.1, 0.15) is 118 Å². The van der Waals surface area contributed by atoms with Crippen LogP contribution in [-0.2, 0) is 34.1 Å². The Balaban J connectivity index is 1.35. The van der Waals surface area contributed by atoms with Crippen LogP contribution in [-0.4, -0.2) is 77.0 Å². The number of hydrogen-bond acceptors (Lipinski definition) is 9. The van der Waals surface area contributed by atoms with Crippen LogP contribution < -0.4 is 10.2 Å². The molecule has 9 rings (SSSR count). The normalized spacial score (nSPS) is 25.4. The zero-order valence-corrected chi connectivity index (χ0v) is 38.4. The fraction of sp³-hybridized carbons (Fsp3) is 0.400. The first-order valence-corrected chi connectivity index (χ1v) is 23.8. The second-order valence-electron chi connectivity index (χ2n) is 18.7. The largest absolute Gasteiger partial charge is 0.508 e. The number of carbonyl (C=O) groups is 5. The first kappa shape index (κ1) is 45.4. The zero-order valence-electron chi connectivity index (χ0n) is 38.4. The molecule has 4 amide bonds. The first-order valence-electron chi connectivity index (χ1n) is 23.8. The summed E-state index contributed by atoms with van der Waals surface area (Å²) in [6, 6.07) is 25.7. The van der Waals surface area contributed by atoms with Gasteiger partial charge < -0.3 is 24.8 Å². The van der Waals surface area contributed by atoms with Crippen molar-refractivity contribution in [1.82, 2.24) is 15.1 Å². The highest BCUT2D eigenvalue weighted by Crippen LogP contribution is 2.66. The van der Waals surface area contributed by atoms with E-state index in [0.717, 1.165) is 79.4 Å². The van der Waals surface area contributed by atoms with E-state index in [1.54, 1.807) is 43.0 Å². The number of likely N-dealkylation sites (tertiary alicyclic amines) is 1. The Bertz CT molecular complexity index is 2610. The van der Waals surface area contributed by atoms with E-state index < -0.39 is 71.4 Å². The predicted octanol–water partition coefficient (Wildman–Crippen LogP) is 8.61.